The van der Waals surface area contributed by atoms with Crippen LogP contribution in [0.1, 0.15) is 42.3 Å². The minimum atomic E-state index is 0.241. The molecule has 0 radical (unpaired) electrons. The number of fused-ring (bicyclic) bond motifs is 1. The van der Waals surface area contributed by atoms with Crippen molar-refractivity contribution in [2.75, 3.05) is 13.1 Å². The van der Waals surface area contributed by atoms with Gasteiger partial charge in [-0.05, 0) is 37.3 Å². The molecule has 1 aliphatic rings. The molecule has 1 aromatic carbocycles. The Kier molecular flexibility index (Phi) is 4.30. The van der Waals surface area contributed by atoms with Crippen LogP contribution in [-0.2, 0) is 11.2 Å². The highest BCUT2D eigenvalue weighted by atomic mass is 16.2. The summed E-state index contributed by atoms with van der Waals surface area (Å²) in [6, 6.07) is 8.52. The minimum absolute atomic E-state index is 0.241. The number of carbonyl (C=O) groups is 1. The highest BCUT2D eigenvalue weighted by Crippen LogP contribution is 2.35. The van der Waals surface area contributed by atoms with Gasteiger partial charge in [0.1, 0.15) is 5.82 Å². The molecule has 0 atom stereocenters. The number of nitrogens with one attached hydrogen (secondary N) is 2. The first-order chi connectivity index (χ1) is 12.2. The molecule has 4 rings (SSSR count). The summed E-state index contributed by atoms with van der Waals surface area (Å²) >= 11 is 0. The largest absolute Gasteiger partial charge is 0.358 e. The van der Waals surface area contributed by atoms with Crippen molar-refractivity contribution in [1.29, 1.82) is 0 Å². The van der Waals surface area contributed by atoms with Crippen LogP contribution in [0.4, 0.5) is 0 Å². The van der Waals surface area contributed by atoms with Gasteiger partial charge >= 0.3 is 0 Å². The third-order valence-corrected chi connectivity index (χ3v) is 5.33. The molecule has 1 amide bonds. The number of aromatic nitrogens is 3. The average molecular weight is 336 g/mol. The number of para-hydroxylation sites is 1. The average Bonchev–Trinajstić information content (AvgIpc) is 3.26. The molecule has 1 fully saturated rings. The molecule has 3 heterocycles. The molecule has 0 bridgehead atoms. The number of H-pyrrole nitrogens is 2. The number of hydrogen-bond acceptors (Lipinski definition) is 2. The fourth-order valence-electron chi connectivity index (χ4n) is 4.06. The van der Waals surface area contributed by atoms with Gasteiger partial charge in [-0.25, -0.2) is 4.98 Å². The van der Waals surface area contributed by atoms with E-state index in [-0.39, 0.29) is 5.91 Å². The second-order valence-corrected chi connectivity index (χ2v) is 6.90. The van der Waals surface area contributed by atoms with Gasteiger partial charge in [0.25, 0.3) is 0 Å². The lowest BCUT2D eigenvalue weighted by molar-refractivity contribution is -0.132. The van der Waals surface area contributed by atoms with Crippen molar-refractivity contribution in [2.45, 2.75) is 38.5 Å². The van der Waals surface area contributed by atoms with E-state index >= 15 is 0 Å². The van der Waals surface area contributed by atoms with E-state index in [1.54, 1.807) is 12.4 Å². The van der Waals surface area contributed by atoms with Crippen molar-refractivity contribution in [3.63, 3.8) is 0 Å². The van der Waals surface area contributed by atoms with Crippen LogP contribution in [0.5, 0.6) is 0 Å². The Balaban J connectivity index is 1.39. The van der Waals surface area contributed by atoms with Gasteiger partial charge < -0.3 is 14.9 Å². The SMILES string of the molecule is Cc1[nH]c2ccccc2c1C1CCN(C(=O)CCc2ncc[nH]2)CC1. The predicted molar refractivity (Wildman–Crippen MR) is 98.5 cm³/mol. The van der Waals surface area contributed by atoms with Crippen molar-refractivity contribution in [1.82, 2.24) is 19.9 Å². The fraction of sp³-hybridized carbons (Fsp3) is 0.400. The summed E-state index contributed by atoms with van der Waals surface area (Å²) in [6.45, 7) is 3.86. The molecule has 0 aliphatic carbocycles. The zero-order valence-corrected chi connectivity index (χ0v) is 14.6. The number of likely N-dealkylation sites (tertiary alicyclic amines) is 1. The van der Waals surface area contributed by atoms with Crippen molar-refractivity contribution >= 4 is 16.8 Å². The molecular formula is C20H24N4O. The normalized spacial score (nSPS) is 15.8. The number of benzene rings is 1. The van der Waals surface area contributed by atoms with Crippen molar-refractivity contribution in [3.05, 3.63) is 53.7 Å². The fourth-order valence-corrected chi connectivity index (χ4v) is 4.06. The number of aryl methyl sites for hydroxylation is 2. The van der Waals surface area contributed by atoms with E-state index in [0.717, 1.165) is 31.8 Å². The summed E-state index contributed by atoms with van der Waals surface area (Å²) in [6.07, 6.45) is 6.83. The number of nitrogens with zero attached hydrogens (tertiary/aromatic N) is 2. The summed E-state index contributed by atoms with van der Waals surface area (Å²) < 4.78 is 0. The second kappa shape index (κ2) is 6.75. The second-order valence-electron chi connectivity index (χ2n) is 6.90. The van der Waals surface area contributed by atoms with Gasteiger partial charge in [-0.15, -0.1) is 0 Å². The summed E-state index contributed by atoms with van der Waals surface area (Å²) in [7, 11) is 0. The van der Waals surface area contributed by atoms with Crippen LogP contribution >= 0.6 is 0 Å². The molecule has 0 saturated carbocycles. The van der Waals surface area contributed by atoms with Crippen LogP contribution in [0.15, 0.2) is 36.7 Å². The van der Waals surface area contributed by atoms with Gasteiger partial charge in [-0.2, -0.15) is 0 Å². The maximum atomic E-state index is 12.4. The molecule has 5 heteroatoms. The number of imidazole rings is 1. The summed E-state index contributed by atoms with van der Waals surface area (Å²) in [4.78, 5) is 25.2. The zero-order valence-electron chi connectivity index (χ0n) is 14.6. The molecule has 0 spiro atoms. The molecule has 1 saturated heterocycles. The third kappa shape index (κ3) is 3.18. The van der Waals surface area contributed by atoms with Crippen LogP contribution in [0.2, 0.25) is 0 Å². The van der Waals surface area contributed by atoms with E-state index in [9.17, 15) is 4.79 Å². The van der Waals surface area contributed by atoms with Crippen LogP contribution < -0.4 is 0 Å². The van der Waals surface area contributed by atoms with Gasteiger partial charge in [0, 0.05) is 54.9 Å². The van der Waals surface area contributed by atoms with E-state index in [1.165, 1.54) is 22.2 Å². The number of piperidine rings is 1. The van der Waals surface area contributed by atoms with E-state index in [1.807, 2.05) is 4.90 Å². The van der Waals surface area contributed by atoms with Gasteiger partial charge in [0.2, 0.25) is 5.91 Å². The Morgan fingerprint density at radius 3 is 2.84 bits per heavy atom. The minimum Gasteiger partial charge on any atom is -0.358 e. The summed E-state index contributed by atoms with van der Waals surface area (Å²) in [5, 5.41) is 1.34. The lowest BCUT2D eigenvalue weighted by Gasteiger charge is -2.32. The van der Waals surface area contributed by atoms with E-state index in [2.05, 4.69) is 46.1 Å². The number of aromatic amines is 2. The quantitative estimate of drug-likeness (QED) is 0.765. The molecule has 3 aromatic rings. The maximum Gasteiger partial charge on any atom is 0.223 e. The molecule has 130 valence electrons. The summed E-state index contributed by atoms with van der Waals surface area (Å²) in [5.41, 5.74) is 3.93. The lowest BCUT2D eigenvalue weighted by atomic mass is 9.87. The Hall–Kier alpha value is -2.56. The predicted octanol–water partition coefficient (Wildman–Crippen LogP) is 3.54. The molecule has 1 aliphatic heterocycles. The number of carbonyl (C=O) groups excluding carboxylic acids is 1. The number of amides is 1. The number of hydrogen-bond donors (Lipinski definition) is 2. The topological polar surface area (TPSA) is 64.8 Å². The van der Waals surface area contributed by atoms with Crippen LogP contribution in [0, 0.1) is 6.92 Å². The monoisotopic (exact) mass is 336 g/mol. The standard InChI is InChI=1S/C20H24N4O/c1-14-20(16-4-2-3-5-17(16)23-14)15-8-12-24(13-9-15)19(25)7-6-18-21-10-11-22-18/h2-5,10-11,15,23H,6-9,12-13H2,1H3,(H,21,22). The van der Waals surface area contributed by atoms with Crippen LogP contribution in [-0.4, -0.2) is 38.8 Å². The molecule has 0 unspecified atom stereocenters. The first-order valence-corrected chi connectivity index (χ1v) is 9.05. The Bertz CT molecular complexity index is 857. The van der Waals surface area contributed by atoms with Crippen molar-refractivity contribution < 1.29 is 4.79 Å². The smallest absolute Gasteiger partial charge is 0.223 e. The molecule has 2 aromatic heterocycles. The first kappa shape index (κ1) is 15.9. The number of rotatable bonds is 4. The zero-order chi connectivity index (χ0) is 17.2. The van der Waals surface area contributed by atoms with E-state index in [4.69, 9.17) is 0 Å². The van der Waals surface area contributed by atoms with Gasteiger partial charge in [-0.3, -0.25) is 4.79 Å². The first-order valence-electron chi connectivity index (χ1n) is 9.05. The van der Waals surface area contributed by atoms with Gasteiger partial charge in [0.05, 0.1) is 0 Å². The Morgan fingerprint density at radius 1 is 1.28 bits per heavy atom. The van der Waals surface area contributed by atoms with Crippen molar-refractivity contribution in [2.24, 2.45) is 0 Å². The van der Waals surface area contributed by atoms with Gasteiger partial charge in [0.15, 0.2) is 0 Å². The summed E-state index contributed by atoms with van der Waals surface area (Å²) in [5.74, 6) is 1.66. The third-order valence-electron chi connectivity index (χ3n) is 5.33. The molecule has 25 heavy (non-hydrogen) atoms. The Labute approximate surface area is 147 Å². The molecule has 5 nitrogen and oxygen atoms in total. The molecule has 2 N–H and O–H groups in total. The Morgan fingerprint density at radius 2 is 2.08 bits per heavy atom. The lowest BCUT2D eigenvalue weighted by Crippen LogP contribution is -2.38. The van der Waals surface area contributed by atoms with Crippen LogP contribution in [0.25, 0.3) is 10.9 Å². The van der Waals surface area contributed by atoms with Crippen LogP contribution in [0.3, 0.4) is 0 Å². The van der Waals surface area contributed by atoms with E-state index in [0.29, 0.717) is 18.8 Å². The van der Waals surface area contributed by atoms with E-state index < -0.39 is 0 Å². The molecular weight excluding hydrogens is 312 g/mol. The maximum absolute atomic E-state index is 12.4. The van der Waals surface area contributed by atoms with Crippen molar-refractivity contribution in [3.8, 4) is 0 Å². The van der Waals surface area contributed by atoms with Gasteiger partial charge in [-0.1, -0.05) is 18.2 Å². The highest BCUT2D eigenvalue weighted by Gasteiger charge is 2.26. The highest BCUT2D eigenvalue weighted by molar-refractivity contribution is 5.85.